The van der Waals surface area contributed by atoms with E-state index in [1.54, 1.807) is 18.2 Å². The molecule has 1 amide bonds. The van der Waals surface area contributed by atoms with Crippen molar-refractivity contribution in [1.82, 2.24) is 5.32 Å². The molecule has 22 heavy (non-hydrogen) atoms. The minimum absolute atomic E-state index is 0.143. The lowest BCUT2D eigenvalue weighted by Crippen LogP contribution is -2.31. The molecule has 0 saturated carbocycles. The van der Waals surface area contributed by atoms with E-state index in [1.165, 1.54) is 7.11 Å². The van der Waals surface area contributed by atoms with Gasteiger partial charge in [0.1, 0.15) is 0 Å². The largest absolute Gasteiger partial charge is 0.481 e. The highest BCUT2D eigenvalue weighted by Crippen LogP contribution is 2.31. The molecule has 0 bridgehead atoms. The summed E-state index contributed by atoms with van der Waals surface area (Å²) in [6.07, 6.45) is -0.652. The standard InChI is InChI=1S/C14H15Cl2NO5/c1-22-13(21)7-10(17-11(18)5-6-12(19)20)8-3-2-4-9(15)14(8)16/h2-4,10H,5-7H2,1H3,(H,17,18)(H,19,20)/t10-/m0/s1. The molecule has 0 aliphatic rings. The molecule has 0 spiro atoms. The Balaban J connectivity index is 2.93. The first-order chi connectivity index (χ1) is 10.3. The molecular weight excluding hydrogens is 333 g/mol. The highest BCUT2D eigenvalue weighted by atomic mass is 35.5. The van der Waals surface area contributed by atoms with E-state index in [1.807, 2.05) is 0 Å². The number of hydrogen-bond donors (Lipinski definition) is 2. The van der Waals surface area contributed by atoms with E-state index in [0.717, 1.165) is 0 Å². The van der Waals surface area contributed by atoms with E-state index in [4.69, 9.17) is 28.3 Å². The summed E-state index contributed by atoms with van der Waals surface area (Å²) in [5.41, 5.74) is 0.461. The summed E-state index contributed by atoms with van der Waals surface area (Å²) in [7, 11) is 1.23. The maximum atomic E-state index is 11.8. The Morgan fingerprint density at radius 2 is 1.95 bits per heavy atom. The number of aliphatic carboxylic acids is 1. The Labute approximate surface area is 137 Å². The molecule has 0 radical (unpaired) electrons. The molecule has 8 heteroatoms. The van der Waals surface area contributed by atoms with Crippen LogP contribution in [0.25, 0.3) is 0 Å². The smallest absolute Gasteiger partial charge is 0.307 e. The van der Waals surface area contributed by atoms with Gasteiger partial charge in [0.25, 0.3) is 0 Å². The van der Waals surface area contributed by atoms with Crippen molar-refractivity contribution >= 4 is 41.0 Å². The van der Waals surface area contributed by atoms with E-state index >= 15 is 0 Å². The highest BCUT2D eigenvalue weighted by molar-refractivity contribution is 6.42. The van der Waals surface area contributed by atoms with Crippen LogP contribution in [-0.2, 0) is 19.1 Å². The fourth-order valence-electron chi connectivity index (χ4n) is 1.77. The Morgan fingerprint density at radius 1 is 1.27 bits per heavy atom. The number of amides is 1. The second-order valence-electron chi connectivity index (χ2n) is 4.44. The number of carbonyl (C=O) groups excluding carboxylic acids is 2. The summed E-state index contributed by atoms with van der Waals surface area (Å²) in [4.78, 5) is 33.8. The van der Waals surface area contributed by atoms with E-state index < -0.39 is 23.9 Å². The van der Waals surface area contributed by atoms with Crippen LogP contribution < -0.4 is 5.32 Å². The van der Waals surface area contributed by atoms with Gasteiger partial charge >= 0.3 is 11.9 Å². The van der Waals surface area contributed by atoms with Crippen LogP contribution in [0.2, 0.25) is 10.0 Å². The van der Waals surface area contributed by atoms with E-state index in [-0.39, 0.29) is 29.3 Å². The summed E-state index contributed by atoms with van der Waals surface area (Å²) < 4.78 is 4.59. The first-order valence-corrected chi connectivity index (χ1v) is 7.12. The summed E-state index contributed by atoms with van der Waals surface area (Å²) in [5, 5.41) is 11.7. The molecule has 0 saturated heterocycles. The molecular formula is C14H15Cl2NO5. The number of halogens is 2. The molecule has 0 aliphatic carbocycles. The predicted octanol–water partition coefficient (Wildman–Crippen LogP) is 2.58. The molecule has 0 unspecified atom stereocenters. The van der Waals surface area contributed by atoms with Crippen LogP contribution in [0, 0.1) is 0 Å². The van der Waals surface area contributed by atoms with Gasteiger partial charge in [0.05, 0.1) is 36.0 Å². The highest BCUT2D eigenvalue weighted by Gasteiger charge is 2.22. The lowest BCUT2D eigenvalue weighted by atomic mass is 10.0. The fraction of sp³-hybridized carbons (Fsp3) is 0.357. The van der Waals surface area contributed by atoms with E-state index in [2.05, 4.69) is 10.1 Å². The molecule has 1 rings (SSSR count). The molecule has 0 aliphatic heterocycles. The fourth-order valence-corrected chi connectivity index (χ4v) is 2.20. The zero-order valence-corrected chi connectivity index (χ0v) is 13.3. The van der Waals surface area contributed by atoms with Gasteiger partial charge in [0.2, 0.25) is 5.91 Å². The maximum absolute atomic E-state index is 11.8. The maximum Gasteiger partial charge on any atom is 0.307 e. The quantitative estimate of drug-likeness (QED) is 0.739. The van der Waals surface area contributed by atoms with Gasteiger partial charge in [0, 0.05) is 6.42 Å². The molecule has 2 N–H and O–H groups in total. The van der Waals surface area contributed by atoms with Crippen molar-refractivity contribution in [1.29, 1.82) is 0 Å². The first kappa shape index (κ1) is 18.3. The summed E-state index contributed by atoms with van der Waals surface area (Å²) in [6, 6.07) is 4.09. The van der Waals surface area contributed by atoms with Gasteiger partial charge in [-0.1, -0.05) is 35.3 Å². The monoisotopic (exact) mass is 347 g/mol. The number of nitrogens with one attached hydrogen (secondary N) is 1. The van der Waals surface area contributed by atoms with Crippen LogP contribution in [0.1, 0.15) is 30.9 Å². The number of esters is 1. The second kappa shape index (κ2) is 8.60. The molecule has 120 valence electrons. The van der Waals surface area contributed by atoms with Crippen molar-refractivity contribution in [3.05, 3.63) is 33.8 Å². The summed E-state index contributed by atoms with van der Waals surface area (Å²) in [5.74, 6) is -2.13. The van der Waals surface area contributed by atoms with Crippen molar-refractivity contribution < 1.29 is 24.2 Å². The van der Waals surface area contributed by atoms with Gasteiger partial charge in [-0.05, 0) is 11.6 Å². The van der Waals surface area contributed by atoms with E-state index in [9.17, 15) is 14.4 Å². The zero-order chi connectivity index (χ0) is 16.7. The number of benzene rings is 1. The Bertz CT molecular complexity index is 576. The average molecular weight is 348 g/mol. The molecule has 1 aromatic carbocycles. The lowest BCUT2D eigenvalue weighted by molar-refractivity contribution is -0.142. The number of carbonyl (C=O) groups is 3. The molecule has 0 heterocycles. The number of methoxy groups -OCH3 is 1. The number of rotatable bonds is 7. The van der Waals surface area contributed by atoms with Gasteiger partial charge in [-0.25, -0.2) is 0 Å². The van der Waals surface area contributed by atoms with Crippen molar-refractivity contribution in [2.75, 3.05) is 7.11 Å². The molecule has 0 aromatic heterocycles. The summed E-state index contributed by atoms with van der Waals surface area (Å²) >= 11 is 12.0. The second-order valence-corrected chi connectivity index (χ2v) is 5.22. The molecule has 0 fully saturated rings. The normalized spacial score (nSPS) is 11.6. The summed E-state index contributed by atoms with van der Waals surface area (Å²) in [6.45, 7) is 0. The Morgan fingerprint density at radius 3 is 2.55 bits per heavy atom. The van der Waals surface area contributed by atoms with Gasteiger partial charge < -0.3 is 15.2 Å². The van der Waals surface area contributed by atoms with Gasteiger partial charge in [-0.15, -0.1) is 0 Å². The lowest BCUT2D eigenvalue weighted by Gasteiger charge is -2.19. The van der Waals surface area contributed by atoms with Crippen molar-refractivity contribution in [2.24, 2.45) is 0 Å². The predicted molar refractivity (Wildman–Crippen MR) is 80.8 cm³/mol. The third-order valence-corrected chi connectivity index (χ3v) is 3.69. The van der Waals surface area contributed by atoms with Crippen molar-refractivity contribution in [3.8, 4) is 0 Å². The zero-order valence-electron chi connectivity index (χ0n) is 11.8. The number of carboxylic acids is 1. The Kier molecular flexibility index (Phi) is 7.14. The number of carboxylic acid groups (broad SMARTS) is 1. The topological polar surface area (TPSA) is 92.7 Å². The third-order valence-electron chi connectivity index (χ3n) is 2.86. The molecule has 6 nitrogen and oxygen atoms in total. The van der Waals surface area contributed by atoms with Gasteiger partial charge in [0.15, 0.2) is 0 Å². The van der Waals surface area contributed by atoms with Crippen LogP contribution in [0.15, 0.2) is 18.2 Å². The SMILES string of the molecule is COC(=O)C[C@H](NC(=O)CCC(=O)O)c1cccc(Cl)c1Cl. The first-order valence-electron chi connectivity index (χ1n) is 6.37. The molecule has 1 atom stereocenters. The van der Waals surface area contributed by atoms with Crippen molar-refractivity contribution in [3.63, 3.8) is 0 Å². The number of hydrogen-bond acceptors (Lipinski definition) is 4. The van der Waals surface area contributed by atoms with Crippen molar-refractivity contribution in [2.45, 2.75) is 25.3 Å². The minimum Gasteiger partial charge on any atom is -0.481 e. The Hall–Kier alpha value is -1.79. The van der Waals surface area contributed by atoms with Crippen LogP contribution in [0.5, 0.6) is 0 Å². The average Bonchev–Trinajstić information content (AvgIpc) is 2.47. The van der Waals surface area contributed by atoms with E-state index in [0.29, 0.717) is 5.56 Å². The minimum atomic E-state index is -1.08. The number of ether oxygens (including phenoxy) is 1. The van der Waals surface area contributed by atoms with Gasteiger partial charge in [-0.2, -0.15) is 0 Å². The molecule has 1 aromatic rings. The third kappa shape index (κ3) is 5.54. The van der Waals surface area contributed by atoms with Crippen LogP contribution >= 0.6 is 23.2 Å². The van der Waals surface area contributed by atoms with Crippen LogP contribution in [0.3, 0.4) is 0 Å². The van der Waals surface area contributed by atoms with Crippen LogP contribution in [0.4, 0.5) is 0 Å². The van der Waals surface area contributed by atoms with Crippen LogP contribution in [-0.4, -0.2) is 30.1 Å². The van der Waals surface area contributed by atoms with Gasteiger partial charge in [-0.3, -0.25) is 14.4 Å².